The third-order valence-corrected chi connectivity index (χ3v) is 3.19. The van der Waals surface area contributed by atoms with E-state index in [0.717, 1.165) is 12.8 Å². The van der Waals surface area contributed by atoms with Crippen LogP contribution in [0.15, 0.2) is 42.5 Å². The van der Waals surface area contributed by atoms with Crippen molar-refractivity contribution in [3.05, 3.63) is 48.0 Å². The smallest absolute Gasteiger partial charge is 0.144 e. The summed E-state index contributed by atoms with van der Waals surface area (Å²) < 4.78 is 0. The van der Waals surface area contributed by atoms with Gasteiger partial charge in [-0.1, -0.05) is 42.5 Å². The molecule has 0 N–H and O–H groups in total. The first-order valence-corrected chi connectivity index (χ1v) is 5.92. The number of hydrogen-bond donors (Lipinski definition) is 0. The molecule has 2 rings (SSSR count). The number of allylic oxidation sites excluding steroid dienone is 2. The number of hydrogen-bond acceptors (Lipinski definition) is 2. The van der Waals surface area contributed by atoms with Crippen molar-refractivity contribution in [2.75, 3.05) is 0 Å². The Morgan fingerprint density at radius 3 is 2.76 bits per heavy atom. The maximum atomic E-state index is 12.1. The molecule has 0 fully saturated rings. The van der Waals surface area contributed by atoms with E-state index in [1.807, 2.05) is 42.5 Å². The van der Waals surface area contributed by atoms with Gasteiger partial charge in [0.15, 0.2) is 0 Å². The van der Waals surface area contributed by atoms with Crippen LogP contribution in [0.4, 0.5) is 0 Å². The van der Waals surface area contributed by atoms with Crippen LogP contribution in [0.25, 0.3) is 0 Å². The predicted molar refractivity (Wildman–Crippen MR) is 66.1 cm³/mol. The van der Waals surface area contributed by atoms with Crippen molar-refractivity contribution in [3.63, 3.8) is 0 Å². The molecule has 2 unspecified atom stereocenters. The Balaban J connectivity index is 2.07. The molecule has 1 aliphatic rings. The van der Waals surface area contributed by atoms with Gasteiger partial charge >= 0.3 is 0 Å². The molecule has 0 radical (unpaired) electrons. The second kappa shape index (κ2) is 5.45. The second-order valence-corrected chi connectivity index (χ2v) is 4.42. The lowest BCUT2D eigenvalue weighted by Gasteiger charge is -2.21. The summed E-state index contributed by atoms with van der Waals surface area (Å²) in [7, 11) is 0. The van der Waals surface area contributed by atoms with Crippen LogP contribution in [0.3, 0.4) is 0 Å². The third-order valence-electron chi connectivity index (χ3n) is 3.19. The fourth-order valence-corrected chi connectivity index (χ4v) is 2.25. The molecule has 1 aromatic carbocycles. The molecule has 2 heteroatoms. The largest absolute Gasteiger partial charge is 0.299 e. The molecule has 0 heterocycles. The summed E-state index contributed by atoms with van der Waals surface area (Å²) in [6.07, 6.45) is 5.84. The van der Waals surface area contributed by atoms with E-state index in [-0.39, 0.29) is 17.6 Å². The average molecular weight is 225 g/mol. The molecule has 1 aliphatic carbocycles. The van der Waals surface area contributed by atoms with Gasteiger partial charge in [0.05, 0.1) is 6.07 Å². The first-order chi connectivity index (χ1) is 8.31. The summed E-state index contributed by atoms with van der Waals surface area (Å²) in [5.41, 5.74) is 1.17. The van der Waals surface area contributed by atoms with Gasteiger partial charge in [-0.2, -0.15) is 5.26 Å². The quantitative estimate of drug-likeness (QED) is 0.742. The number of carbonyl (C=O) groups is 1. The number of Topliss-reactive ketones (excluding diaryl/α,β-unsaturated/α-hetero) is 1. The highest BCUT2D eigenvalue weighted by molar-refractivity contribution is 5.86. The van der Waals surface area contributed by atoms with E-state index in [2.05, 4.69) is 6.07 Å². The topological polar surface area (TPSA) is 40.9 Å². The summed E-state index contributed by atoms with van der Waals surface area (Å²) in [5, 5.41) is 8.69. The van der Waals surface area contributed by atoms with E-state index in [4.69, 9.17) is 5.26 Å². The normalized spacial score (nSPS) is 23.4. The van der Waals surface area contributed by atoms with Crippen LogP contribution in [0.2, 0.25) is 0 Å². The maximum Gasteiger partial charge on any atom is 0.144 e. The molecular weight excluding hydrogens is 210 g/mol. The minimum Gasteiger partial charge on any atom is -0.299 e. The van der Waals surface area contributed by atoms with Crippen molar-refractivity contribution >= 4 is 5.78 Å². The van der Waals surface area contributed by atoms with E-state index in [1.54, 1.807) is 0 Å². The van der Waals surface area contributed by atoms with E-state index in [1.165, 1.54) is 5.56 Å². The van der Waals surface area contributed by atoms with E-state index in [9.17, 15) is 4.79 Å². The zero-order chi connectivity index (χ0) is 12.1. The lowest BCUT2D eigenvalue weighted by molar-refractivity contribution is -0.125. The SMILES string of the molecule is N#CCC1CC=CC(Cc2ccccc2)C1=O. The van der Waals surface area contributed by atoms with E-state index in [0.29, 0.717) is 6.42 Å². The highest BCUT2D eigenvalue weighted by Crippen LogP contribution is 2.24. The standard InChI is InChI=1S/C15H15NO/c16-10-9-13-7-4-8-14(15(13)17)11-12-5-2-1-3-6-12/h1-6,8,13-14H,7,9,11H2. The Morgan fingerprint density at radius 1 is 1.29 bits per heavy atom. The molecule has 86 valence electrons. The fourth-order valence-electron chi connectivity index (χ4n) is 2.25. The van der Waals surface area contributed by atoms with Crippen LogP contribution >= 0.6 is 0 Å². The first kappa shape index (κ1) is 11.6. The van der Waals surface area contributed by atoms with Crippen molar-refractivity contribution in [1.82, 2.24) is 0 Å². The van der Waals surface area contributed by atoms with Gasteiger partial charge < -0.3 is 0 Å². The van der Waals surface area contributed by atoms with Crippen LogP contribution in [-0.4, -0.2) is 5.78 Å². The predicted octanol–water partition coefficient (Wildman–Crippen LogP) is 2.90. The Labute approximate surface area is 102 Å². The first-order valence-electron chi connectivity index (χ1n) is 5.92. The summed E-state index contributed by atoms with van der Waals surface area (Å²) in [6, 6.07) is 12.1. The van der Waals surface area contributed by atoms with Crippen LogP contribution in [0.5, 0.6) is 0 Å². The van der Waals surface area contributed by atoms with Gasteiger partial charge in [0.25, 0.3) is 0 Å². The van der Waals surface area contributed by atoms with Crippen molar-refractivity contribution in [2.45, 2.75) is 19.3 Å². The summed E-state index contributed by atoms with van der Waals surface area (Å²) in [5.74, 6) is 0.0705. The van der Waals surface area contributed by atoms with Crippen molar-refractivity contribution in [2.24, 2.45) is 11.8 Å². The number of nitrogens with zero attached hydrogens (tertiary/aromatic N) is 1. The monoisotopic (exact) mass is 225 g/mol. The molecule has 0 spiro atoms. The number of rotatable bonds is 3. The minimum absolute atomic E-state index is 0.0514. The van der Waals surface area contributed by atoms with Gasteiger partial charge in [0.1, 0.15) is 5.78 Å². The molecule has 0 aliphatic heterocycles. The summed E-state index contributed by atoms with van der Waals surface area (Å²) in [6.45, 7) is 0. The summed E-state index contributed by atoms with van der Waals surface area (Å²) >= 11 is 0. The van der Waals surface area contributed by atoms with Crippen molar-refractivity contribution in [1.29, 1.82) is 5.26 Å². The molecule has 0 bridgehead atoms. The summed E-state index contributed by atoms with van der Waals surface area (Å²) in [4.78, 5) is 12.1. The highest BCUT2D eigenvalue weighted by atomic mass is 16.1. The number of carbonyl (C=O) groups excluding carboxylic acids is 1. The Kier molecular flexibility index (Phi) is 3.72. The Hall–Kier alpha value is -1.88. The molecule has 0 saturated heterocycles. The molecule has 2 nitrogen and oxygen atoms in total. The van der Waals surface area contributed by atoms with Crippen molar-refractivity contribution < 1.29 is 4.79 Å². The van der Waals surface area contributed by atoms with Gasteiger partial charge in [0, 0.05) is 18.3 Å². The van der Waals surface area contributed by atoms with Gasteiger partial charge in [0.2, 0.25) is 0 Å². The van der Waals surface area contributed by atoms with Gasteiger partial charge in [-0.25, -0.2) is 0 Å². The second-order valence-electron chi connectivity index (χ2n) is 4.42. The lowest BCUT2D eigenvalue weighted by atomic mass is 9.81. The van der Waals surface area contributed by atoms with E-state index >= 15 is 0 Å². The van der Waals surface area contributed by atoms with Gasteiger partial charge in [-0.15, -0.1) is 0 Å². The minimum atomic E-state index is -0.0984. The molecule has 1 aromatic rings. The highest BCUT2D eigenvalue weighted by Gasteiger charge is 2.27. The molecule has 0 saturated carbocycles. The van der Waals surface area contributed by atoms with Crippen LogP contribution in [-0.2, 0) is 11.2 Å². The molecular formula is C15H15NO. The molecule has 0 aromatic heterocycles. The zero-order valence-corrected chi connectivity index (χ0v) is 9.67. The molecule has 0 amide bonds. The van der Waals surface area contributed by atoms with Crippen molar-refractivity contribution in [3.8, 4) is 6.07 Å². The average Bonchev–Trinajstić information content (AvgIpc) is 2.36. The Bertz CT molecular complexity index is 456. The van der Waals surface area contributed by atoms with Crippen LogP contribution in [0, 0.1) is 23.2 Å². The number of ketones is 1. The van der Waals surface area contributed by atoms with Crippen LogP contribution < -0.4 is 0 Å². The lowest BCUT2D eigenvalue weighted by Crippen LogP contribution is -2.26. The molecule has 17 heavy (non-hydrogen) atoms. The van der Waals surface area contributed by atoms with E-state index < -0.39 is 0 Å². The molecule has 2 atom stereocenters. The fraction of sp³-hybridized carbons (Fsp3) is 0.333. The third kappa shape index (κ3) is 2.82. The number of benzene rings is 1. The zero-order valence-electron chi connectivity index (χ0n) is 9.67. The number of nitriles is 1. The van der Waals surface area contributed by atoms with Crippen LogP contribution in [0.1, 0.15) is 18.4 Å². The van der Waals surface area contributed by atoms with Gasteiger partial charge in [-0.3, -0.25) is 4.79 Å². The Morgan fingerprint density at radius 2 is 2.06 bits per heavy atom. The van der Waals surface area contributed by atoms with Gasteiger partial charge in [-0.05, 0) is 18.4 Å². The maximum absolute atomic E-state index is 12.1.